The molecule has 0 aliphatic carbocycles. The molecule has 6 heteroatoms. The molecule has 1 aromatic heterocycles. The van der Waals surface area contributed by atoms with Gasteiger partial charge in [-0.3, -0.25) is 0 Å². The molecular formula is C12H19N3O3. The molecule has 100 valence electrons. The Hall–Kier alpha value is -1.69. The molecule has 0 aliphatic heterocycles. The fourth-order valence-corrected chi connectivity index (χ4v) is 1.57. The van der Waals surface area contributed by atoms with Gasteiger partial charge in [-0.15, -0.1) is 0 Å². The quantitative estimate of drug-likeness (QED) is 0.824. The Bertz CT molecular complexity index is 421. The number of hydrogen-bond donors (Lipinski definition) is 1. The number of carboxylic acid groups (broad SMARTS) is 1. The van der Waals surface area contributed by atoms with E-state index in [-0.39, 0.29) is 11.7 Å². The molecular weight excluding hydrogens is 234 g/mol. The van der Waals surface area contributed by atoms with Crippen LogP contribution in [0.25, 0.3) is 0 Å². The van der Waals surface area contributed by atoms with Crippen LogP contribution in [0.3, 0.4) is 0 Å². The van der Waals surface area contributed by atoms with Crippen molar-refractivity contribution in [3.63, 3.8) is 0 Å². The summed E-state index contributed by atoms with van der Waals surface area (Å²) in [6.07, 6.45) is 0. The van der Waals surface area contributed by atoms with E-state index in [0.29, 0.717) is 24.8 Å². The summed E-state index contributed by atoms with van der Waals surface area (Å²) in [6.45, 7) is 6.92. The van der Waals surface area contributed by atoms with Gasteiger partial charge in [0.25, 0.3) is 0 Å². The topological polar surface area (TPSA) is 75.5 Å². The number of methoxy groups -OCH3 is 1. The zero-order valence-corrected chi connectivity index (χ0v) is 11.2. The molecule has 0 aliphatic rings. The SMILES string of the molecule is COCCN(c1nc(C)cc(C(=O)O)n1)C(C)C. The molecule has 0 amide bonds. The van der Waals surface area contributed by atoms with E-state index in [2.05, 4.69) is 9.97 Å². The van der Waals surface area contributed by atoms with E-state index in [1.165, 1.54) is 6.07 Å². The summed E-state index contributed by atoms with van der Waals surface area (Å²) in [5.41, 5.74) is 0.654. The molecule has 0 radical (unpaired) electrons. The van der Waals surface area contributed by atoms with Crippen LogP contribution in [0.2, 0.25) is 0 Å². The molecule has 1 rings (SSSR count). The number of carbonyl (C=O) groups is 1. The number of ether oxygens (including phenoxy) is 1. The van der Waals surface area contributed by atoms with E-state index in [1.54, 1.807) is 14.0 Å². The van der Waals surface area contributed by atoms with Crippen LogP contribution in [-0.4, -0.2) is 47.3 Å². The second-order valence-corrected chi connectivity index (χ2v) is 4.28. The highest BCUT2D eigenvalue weighted by Crippen LogP contribution is 2.13. The lowest BCUT2D eigenvalue weighted by molar-refractivity contribution is 0.0690. The third-order valence-electron chi connectivity index (χ3n) is 2.48. The van der Waals surface area contributed by atoms with E-state index in [9.17, 15) is 4.79 Å². The van der Waals surface area contributed by atoms with Gasteiger partial charge in [0, 0.05) is 25.4 Å². The maximum atomic E-state index is 11.0. The van der Waals surface area contributed by atoms with E-state index in [4.69, 9.17) is 9.84 Å². The van der Waals surface area contributed by atoms with Gasteiger partial charge < -0.3 is 14.7 Å². The van der Waals surface area contributed by atoms with Gasteiger partial charge in [-0.25, -0.2) is 14.8 Å². The summed E-state index contributed by atoms with van der Waals surface area (Å²) >= 11 is 0. The molecule has 0 saturated carbocycles. The molecule has 0 saturated heterocycles. The highest BCUT2D eigenvalue weighted by Gasteiger charge is 2.16. The lowest BCUT2D eigenvalue weighted by Crippen LogP contribution is -2.35. The predicted octanol–water partition coefficient (Wildman–Crippen LogP) is 1.34. The normalized spacial score (nSPS) is 10.7. The summed E-state index contributed by atoms with van der Waals surface area (Å²) in [6, 6.07) is 1.63. The van der Waals surface area contributed by atoms with Crippen LogP contribution in [0.5, 0.6) is 0 Å². The van der Waals surface area contributed by atoms with Crippen molar-refractivity contribution in [1.29, 1.82) is 0 Å². The summed E-state index contributed by atoms with van der Waals surface area (Å²) in [7, 11) is 1.62. The fraction of sp³-hybridized carbons (Fsp3) is 0.583. The first-order valence-corrected chi connectivity index (χ1v) is 5.80. The van der Waals surface area contributed by atoms with Crippen LogP contribution in [-0.2, 0) is 4.74 Å². The zero-order chi connectivity index (χ0) is 13.7. The molecule has 1 heterocycles. The second-order valence-electron chi connectivity index (χ2n) is 4.28. The molecule has 0 unspecified atom stereocenters. The number of aryl methyl sites for hydroxylation is 1. The Balaban J connectivity index is 3.07. The van der Waals surface area contributed by atoms with Gasteiger partial charge in [-0.1, -0.05) is 0 Å². The highest BCUT2D eigenvalue weighted by atomic mass is 16.5. The maximum Gasteiger partial charge on any atom is 0.354 e. The Morgan fingerprint density at radius 1 is 1.50 bits per heavy atom. The smallest absolute Gasteiger partial charge is 0.354 e. The van der Waals surface area contributed by atoms with Gasteiger partial charge in [0.05, 0.1) is 6.61 Å². The number of aromatic nitrogens is 2. The third-order valence-corrected chi connectivity index (χ3v) is 2.48. The lowest BCUT2D eigenvalue weighted by Gasteiger charge is -2.26. The van der Waals surface area contributed by atoms with Crippen molar-refractivity contribution in [2.75, 3.05) is 25.2 Å². The second kappa shape index (κ2) is 6.30. The van der Waals surface area contributed by atoms with Gasteiger partial charge in [-0.05, 0) is 26.8 Å². The Kier molecular flexibility index (Phi) is 5.03. The summed E-state index contributed by atoms with van der Waals surface area (Å²) in [5, 5.41) is 9.00. The summed E-state index contributed by atoms with van der Waals surface area (Å²) < 4.78 is 5.04. The number of anilines is 1. The first-order chi connectivity index (χ1) is 8.45. The molecule has 0 fully saturated rings. The molecule has 1 aromatic rings. The molecule has 0 atom stereocenters. The van der Waals surface area contributed by atoms with Crippen molar-refractivity contribution in [2.45, 2.75) is 26.8 Å². The van der Waals surface area contributed by atoms with Gasteiger partial charge in [0.2, 0.25) is 5.95 Å². The number of aromatic carboxylic acids is 1. The number of rotatable bonds is 6. The third kappa shape index (κ3) is 3.66. The zero-order valence-electron chi connectivity index (χ0n) is 11.2. The molecule has 6 nitrogen and oxygen atoms in total. The summed E-state index contributed by atoms with van der Waals surface area (Å²) in [4.78, 5) is 21.3. The van der Waals surface area contributed by atoms with Crippen molar-refractivity contribution in [2.24, 2.45) is 0 Å². The van der Waals surface area contributed by atoms with Gasteiger partial charge in [-0.2, -0.15) is 0 Å². The van der Waals surface area contributed by atoms with Crippen LogP contribution in [0.15, 0.2) is 6.07 Å². The van der Waals surface area contributed by atoms with Gasteiger partial charge >= 0.3 is 5.97 Å². The Morgan fingerprint density at radius 3 is 2.67 bits per heavy atom. The van der Waals surface area contributed by atoms with Crippen LogP contribution in [0.1, 0.15) is 30.0 Å². The Morgan fingerprint density at radius 2 is 2.17 bits per heavy atom. The first-order valence-electron chi connectivity index (χ1n) is 5.80. The fourth-order valence-electron chi connectivity index (χ4n) is 1.57. The van der Waals surface area contributed by atoms with Gasteiger partial charge in [0.15, 0.2) is 5.69 Å². The standard InChI is InChI=1S/C12H19N3O3/c1-8(2)15(5-6-18-4)12-13-9(3)7-10(14-12)11(16)17/h7-8H,5-6H2,1-4H3,(H,16,17). The average molecular weight is 253 g/mol. The van der Waals surface area contributed by atoms with Crippen LogP contribution >= 0.6 is 0 Å². The molecule has 0 bridgehead atoms. The average Bonchev–Trinajstić information content (AvgIpc) is 2.28. The molecule has 1 N–H and O–H groups in total. The van der Waals surface area contributed by atoms with E-state index >= 15 is 0 Å². The lowest BCUT2D eigenvalue weighted by atomic mass is 10.3. The van der Waals surface area contributed by atoms with Crippen molar-refractivity contribution in [1.82, 2.24) is 9.97 Å². The monoisotopic (exact) mass is 253 g/mol. The van der Waals surface area contributed by atoms with Crippen molar-refractivity contribution >= 4 is 11.9 Å². The number of carboxylic acids is 1. The predicted molar refractivity (Wildman–Crippen MR) is 68.1 cm³/mol. The molecule has 0 aromatic carbocycles. The summed E-state index contributed by atoms with van der Waals surface area (Å²) in [5.74, 6) is -0.614. The number of nitrogens with zero attached hydrogens (tertiary/aromatic N) is 3. The molecule has 0 spiro atoms. The van der Waals surface area contributed by atoms with Crippen LogP contribution < -0.4 is 4.90 Å². The maximum absolute atomic E-state index is 11.0. The largest absolute Gasteiger partial charge is 0.477 e. The molecule has 18 heavy (non-hydrogen) atoms. The minimum absolute atomic E-state index is 0.0144. The Labute approximate surface area is 107 Å². The van der Waals surface area contributed by atoms with Crippen molar-refractivity contribution in [3.05, 3.63) is 17.5 Å². The minimum atomic E-state index is -1.04. The van der Waals surface area contributed by atoms with Crippen molar-refractivity contribution in [3.8, 4) is 0 Å². The first kappa shape index (κ1) is 14.4. The minimum Gasteiger partial charge on any atom is -0.477 e. The van der Waals surface area contributed by atoms with Crippen LogP contribution in [0.4, 0.5) is 5.95 Å². The van der Waals surface area contributed by atoms with Crippen LogP contribution in [0, 0.1) is 6.92 Å². The highest BCUT2D eigenvalue weighted by molar-refractivity contribution is 5.85. The number of hydrogen-bond acceptors (Lipinski definition) is 5. The van der Waals surface area contributed by atoms with E-state index < -0.39 is 5.97 Å². The van der Waals surface area contributed by atoms with E-state index in [1.807, 2.05) is 18.7 Å². The van der Waals surface area contributed by atoms with Crippen molar-refractivity contribution < 1.29 is 14.6 Å². The van der Waals surface area contributed by atoms with Gasteiger partial charge in [0.1, 0.15) is 0 Å². The van der Waals surface area contributed by atoms with E-state index in [0.717, 1.165) is 0 Å².